The molecule has 0 amide bonds. The summed E-state index contributed by atoms with van der Waals surface area (Å²) in [6.07, 6.45) is 3.13. The average Bonchev–Trinajstić information content (AvgIpc) is 2.52. The molecule has 1 aromatic rings. The summed E-state index contributed by atoms with van der Waals surface area (Å²) in [7, 11) is 2.03. The lowest BCUT2D eigenvalue weighted by Crippen LogP contribution is -2.34. The third-order valence-electron chi connectivity index (χ3n) is 3.02. The van der Waals surface area contributed by atoms with Crippen LogP contribution in [0.1, 0.15) is 25.0 Å². The highest BCUT2D eigenvalue weighted by Crippen LogP contribution is 2.28. The van der Waals surface area contributed by atoms with Gasteiger partial charge < -0.3 is 5.32 Å². The molecule has 1 N–H and O–H groups in total. The second-order valence-corrected chi connectivity index (χ2v) is 3.96. The Morgan fingerprint density at radius 1 is 1.62 bits per heavy atom. The molecule has 2 atom stereocenters. The van der Waals surface area contributed by atoms with Crippen molar-refractivity contribution in [3.05, 3.63) is 18.0 Å². The SMILES string of the molecule is CC1CNCCC1c1ccnn1C. The minimum atomic E-state index is 0.689. The smallest absolute Gasteiger partial charge is 0.0492 e. The zero-order valence-electron chi connectivity index (χ0n) is 8.33. The van der Waals surface area contributed by atoms with Gasteiger partial charge in [-0.25, -0.2) is 0 Å². The lowest BCUT2D eigenvalue weighted by atomic mass is 9.85. The maximum absolute atomic E-state index is 4.22. The Morgan fingerprint density at radius 2 is 2.46 bits per heavy atom. The van der Waals surface area contributed by atoms with Crippen LogP contribution in [0.15, 0.2) is 12.3 Å². The monoisotopic (exact) mass is 179 g/mol. The molecule has 1 saturated heterocycles. The van der Waals surface area contributed by atoms with Crippen LogP contribution in [0, 0.1) is 5.92 Å². The van der Waals surface area contributed by atoms with Crippen molar-refractivity contribution >= 4 is 0 Å². The predicted octanol–water partition coefficient (Wildman–Crippen LogP) is 1.13. The van der Waals surface area contributed by atoms with Crippen LogP contribution in [0.4, 0.5) is 0 Å². The van der Waals surface area contributed by atoms with Gasteiger partial charge in [0.1, 0.15) is 0 Å². The summed E-state index contributed by atoms with van der Waals surface area (Å²) in [4.78, 5) is 0. The Bertz CT molecular complexity index is 279. The summed E-state index contributed by atoms with van der Waals surface area (Å²) < 4.78 is 2.01. The van der Waals surface area contributed by atoms with Gasteiger partial charge in [0, 0.05) is 24.9 Å². The Kier molecular flexibility index (Phi) is 2.36. The highest BCUT2D eigenvalue weighted by atomic mass is 15.3. The maximum atomic E-state index is 4.22. The molecule has 1 fully saturated rings. The molecule has 2 heterocycles. The number of rotatable bonds is 1. The quantitative estimate of drug-likeness (QED) is 0.700. The van der Waals surface area contributed by atoms with Gasteiger partial charge in [-0.15, -0.1) is 0 Å². The molecule has 0 bridgehead atoms. The first kappa shape index (κ1) is 8.75. The molecule has 3 nitrogen and oxygen atoms in total. The van der Waals surface area contributed by atoms with E-state index >= 15 is 0 Å². The van der Waals surface area contributed by atoms with Crippen molar-refractivity contribution < 1.29 is 0 Å². The van der Waals surface area contributed by atoms with Gasteiger partial charge in [0.25, 0.3) is 0 Å². The second-order valence-electron chi connectivity index (χ2n) is 3.96. The van der Waals surface area contributed by atoms with Crippen molar-refractivity contribution in [3.63, 3.8) is 0 Å². The fourth-order valence-corrected chi connectivity index (χ4v) is 2.20. The molecule has 2 rings (SSSR count). The van der Waals surface area contributed by atoms with Crippen LogP contribution in [0.3, 0.4) is 0 Å². The number of aromatic nitrogens is 2. The molecule has 0 spiro atoms. The highest BCUT2D eigenvalue weighted by molar-refractivity contribution is 5.10. The molecule has 1 aliphatic heterocycles. The van der Waals surface area contributed by atoms with E-state index in [0.29, 0.717) is 5.92 Å². The van der Waals surface area contributed by atoms with Gasteiger partial charge in [-0.3, -0.25) is 4.68 Å². The van der Waals surface area contributed by atoms with Gasteiger partial charge in [0.15, 0.2) is 0 Å². The molecular formula is C10H17N3. The molecule has 2 unspecified atom stereocenters. The fraction of sp³-hybridized carbons (Fsp3) is 0.700. The molecular weight excluding hydrogens is 162 g/mol. The van der Waals surface area contributed by atoms with E-state index in [1.54, 1.807) is 0 Å². The van der Waals surface area contributed by atoms with E-state index in [1.165, 1.54) is 12.1 Å². The fourth-order valence-electron chi connectivity index (χ4n) is 2.20. The first-order valence-corrected chi connectivity index (χ1v) is 4.97. The first-order chi connectivity index (χ1) is 6.29. The van der Waals surface area contributed by atoms with E-state index < -0.39 is 0 Å². The summed E-state index contributed by atoms with van der Waals surface area (Å²) in [5.41, 5.74) is 1.38. The second kappa shape index (κ2) is 3.50. The van der Waals surface area contributed by atoms with E-state index in [9.17, 15) is 0 Å². The number of hydrogen-bond acceptors (Lipinski definition) is 2. The van der Waals surface area contributed by atoms with Crippen molar-refractivity contribution in [1.29, 1.82) is 0 Å². The number of hydrogen-bond donors (Lipinski definition) is 1. The predicted molar refractivity (Wildman–Crippen MR) is 52.6 cm³/mol. The summed E-state index contributed by atoms with van der Waals surface area (Å²) in [5.74, 6) is 1.41. The van der Waals surface area contributed by atoms with Crippen LogP contribution in [-0.4, -0.2) is 22.9 Å². The normalized spacial score (nSPS) is 29.1. The lowest BCUT2D eigenvalue weighted by Gasteiger charge is -2.29. The average molecular weight is 179 g/mol. The molecule has 3 heteroatoms. The van der Waals surface area contributed by atoms with Gasteiger partial charge in [-0.1, -0.05) is 6.92 Å². The molecule has 1 aliphatic rings. The minimum Gasteiger partial charge on any atom is -0.316 e. The van der Waals surface area contributed by atoms with Crippen molar-refractivity contribution in [3.8, 4) is 0 Å². The Labute approximate surface area is 79.1 Å². The number of piperidine rings is 1. The third-order valence-corrected chi connectivity index (χ3v) is 3.02. The van der Waals surface area contributed by atoms with Crippen LogP contribution in [0.25, 0.3) is 0 Å². The Balaban J connectivity index is 2.19. The Morgan fingerprint density at radius 3 is 3.08 bits per heavy atom. The van der Waals surface area contributed by atoms with Gasteiger partial charge in [-0.2, -0.15) is 5.10 Å². The van der Waals surface area contributed by atoms with Gasteiger partial charge in [0.2, 0.25) is 0 Å². The van der Waals surface area contributed by atoms with Crippen molar-refractivity contribution in [2.75, 3.05) is 13.1 Å². The van der Waals surface area contributed by atoms with E-state index in [1.807, 2.05) is 17.9 Å². The van der Waals surface area contributed by atoms with Crippen LogP contribution in [0.2, 0.25) is 0 Å². The standard InChI is InChI=1S/C10H17N3/c1-8-7-11-5-3-9(8)10-4-6-12-13(10)2/h4,6,8-9,11H,3,5,7H2,1-2H3. The molecule has 0 radical (unpaired) electrons. The van der Waals surface area contributed by atoms with E-state index in [4.69, 9.17) is 0 Å². The van der Waals surface area contributed by atoms with E-state index in [0.717, 1.165) is 19.0 Å². The minimum absolute atomic E-state index is 0.689. The van der Waals surface area contributed by atoms with Crippen molar-refractivity contribution in [2.45, 2.75) is 19.3 Å². The summed E-state index contributed by atoms with van der Waals surface area (Å²) in [5, 5.41) is 7.64. The largest absolute Gasteiger partial charge is 0.316 e. The molecule has 13 heavy (non-hydrogen) atoms. The van der Waals surface area contributed by atoms with E-state index in [-0.39, 0.29) is 0 Å². The van der Waals surface area contributed by atoms with Crippen molar-refractivity contribution in [1.82, 2.24) is 15.1 Å². The first-order valence-electron chi connectivity index (χ1n) is 4.97. The highest BCUT2D eigenvalue weighted by Gasteiger charge is 2.24. The molecule has 0 saturated carbocycles. The third kappa shape index (κ3) is 1.61. The summed E-state index contributed by atoms with van der Waals surface area (Å²) >= 11 is 0. The van der Waals surface area contributed by atoms with Gasteiger partial charge in [0.05, 0.1) is 0 Å². The summed E-state index contributed by atoms with van der Waals surface area (Å²) in [6, 6.07) is 2.15. The van der Waals surface area contributed by atoms with E-state index in [2.05, 4.69) is 23.4 Å². The summed E-state index contributed by atoms with van der Waals surface area (Å²) in [6.45, 7) is 4.58. The molecule has 0 aromatic carbocycles. The lowest BCUT2D eigenvalue weighted by molar-refractivity contribution is 0.336. The number of aryl methyl sites for hydroxylation is 1. The van der Waals surface area contributed by atoms with Crippen LogP contribution in [0.5, 0.6) is 0 Å². The van der Waals surface area contributed by atoms with Crippen LogP contribution >= 0.6 is 0 Å². The number of nitrogens with one attached hydrogen (secondary N) is 1. The maximum Gasteiger partial charge on any atom is 0.0492 e. The molecule has 0 aliphatic carbocycles. The zero-order chi connectivity index (χ0) is 9.26. The van der Waals surface area contributed by atoms with Gasteiger partial charge >= 0.3 is 0 Å². The number of nitrogens with zero attached hydrogens (tertiary/aromatic N) is 2. The topological polar surface area (TPSA) is 29.9 Å². The van der Waals surface area contributed by atoms with Crippen molar-refractivity contribution in [2.24, 2.45) is 13.0 Å². The van der Waals surface area contributed by atoms with Gasteiger partial charge in [-0.05, 0) is 31.5 Å². The molecule has 1 aromatic heterocycles. The van der Waals surface area contributed by atoms with Crippen LogP contribution in [-0.2, 0) is 7.05 Å². The van der Waals surface area contributed by atoms with Crippen LogP contribution < -0.4 is 5.32 Å². The molecule has 72 valence electrons. The Hall–Kier alpha value is -0.830. The zero-order valence-corrected chi connectivity index (χ0v) is 8.33.